The van der Waals surface area contributed by atoms with Gasteiger partial charge in [0.05, 0.1) is 5.92 Å². The average molecular weight is 297 g/mol. The molecule has 0 bridgehead atoms. The number of hydrogen-bond acceptors (Lipinski definition) is 2. The first kappa shape index (κ1) is 15.4. The van der Waals surface area contributed by atoms with Crippen LogP contribution < -0.4 is 5.32 Å². The Balaban J connectivity index is 2.10. The van der Waals surface area contributed by atoms with E-state index in [0.29, 0.717) is 0 Å². The van der Waals surface area contributed by atoms with Gasteiger partial charge in [0, 0.05) is 6.42 Å². The fraction of sp³-hybridized carbons (Fsp3) is 0.467. The van der Waals surface area contributed by atoms with E-state index in [2.05, 4.69) is 5.32 Å². The summed E-state index contributed by atoms with van der Waals surface area (Å²) in [5.41, 5.74) is 0.790. The van der Waals surface area contributed by atoms with Crippen LogP contribution in [0.25, 0.3) is 0 Å². The van der Waals surface area contributed by atoms with Crippen LogP contribution in [0.4, 0.5) is 8.78 Å². The maximum atomic E-state index is 12.4. The van der Waals surface area contributed by atoms with Crippen LogP contribution in [0, 0.1) is 5.92 Å². The van der Waals surface area contributed by atoms with Crippen molar-refractivity contribution in [3.63, 3.8) is 0 Å². The molecule has 6 heteroatoms. The zero-order valence-electron chi connectivity index (χ0n) is 11.3. The van der Waals surface area contributed by atoms with Crippen molar-refractivity contribution in [2.75, 3.05) is 0 Å². The number of aliphatic carboxylic acids is 1. The highest BCUT2D eigenvalue weighted by atomic mass is 19.3. The van der Waals surface area contributed by atoms with Crippen molar-refractivity contribution in [2.24, 2.45) is 5.92 Å². The molecule has 0 heterocycles. The van der Waals surface area contributed by atoms with Gasteiger partial charge in [-0.15, -0.1) is 0 Å². The van der Waals surface area contributed by atoms with E-state index in [0.717, 1.165) is 18.4 Å². The van der Waals surface area contributed by atoms with E-state index in [9.17, 15) is 18.4 Å². The van der Waals surface area contributed by atoms with Gasteiger partial charge in [-0.2, -0.15) is 0 Å². The average Bonchev–Trinajstić information content (AvgIpc) is 3.23. The molecule has 0 radical (unpaired) electrons. The number of alkyl halides is 2. The summed E-state index contributed by atoms with van der Waals surface area (Å²) in [6.45, 7) is 0. The Morgan fingerprint density at radius 1 is 1.24 bits per heavy atom. The molecule has 0 aromatic heterocycles. The lowest BCUT2D eigenvalue weighted by Gasteiger charge is -2.20. The molecule has 1 aliphatic carbocycles. The quantitative estimate of drug-likeness (QED) is 0.812. The molecule has 2 rings (SSSR count). The fourth-order valence-corrected chi connectivity index (χ4v) is 2.39. The molecule has 2 atom stereocenters. The highest BCUT2D eigenvalue weighted by molar-refractivity contribution is 5.88. The first-order chi connectivity index (χ1) is 9.99. The number of amides is 1. The maximum absolute atomic E-state index is 12.4. The summed E-state index contributed by atoms with van der Waals surface area (Å²) in [6, 6.07) is 7.46. The van der Waals surface area contributed by atoms with Crippen molar-refractivity contribution >= 4 is 11.9 Å². The second-order valence-electron chi connectivity index (χ2n) is 5.25. The maximum Gasteiger partial charge on any atom is 0.326 e. The molecule has 0 aliphatic heterocycles. The van der Waals surface area contributed by atoms with Gasteiger partial charge in [0.2, 0.25) is 12.3 Å². The molecule has 2 N–H and O–H groups in total. The van der Waals surface area contributed by atoms with Gasteiger partial charge in [-0.1, -0.05) is 30.3 Å². The van der Waals surface area contributed by atoms with E-state index in [4.69, 9.17) is 5.11 Å². The van der Waals surface area contributed by atoms with Crippen molar-refractivity contribution in [2.45, 2.75) is 37.6 Å². The molecule has 1 amide bonds. The molecular formula is C15H17F2NO3. The van der Waals surface area contributed by atoms with Crippen molar-refractivity contribution in [1.82, 2.24) is 5.32 Å². The molecule has 2 unspecified atom stereocenters. The summed E-state index contributed by atoms with van der Waals surface area (Å²) >= 11 is 0. The van der Waals surface area contributed by atoms with Gasteiger partial charge in [-0.3, -0.25) is 4.79 Å². The van der Waals surface area contributed by atoms with E-state index >= 15 is 0 Å². The van der Waals surface area contributed by atoms with Crippen molar-refractivity contribution < 1.29 is 23.5 Å². The molecular weight excluding hydrogens is 280 g/mol. The summed E-state index contributed by atoms with van der Waals surface area (Å²) in [5, 5.41) is 11.2. The Morgan fingerprint density at radius 3 is 2.33 bits per heavy atom. The summed E-state index contributed by atoms with van der Waals surface area (Å²) < 4.78 is 24.8. The van der Waals surface area contributed by atoms with Crippen LogP contribution in [-0.4, -0.2) is 29.5 Å². The van der Waals surface area contributed by atoms with Crippen molar-refractivity contribution in [1.29, 1.82) is 0 Å². The fourth-order valence-electron chi connectivity index (χ4n) is 2.39. The van der Waals surface area contributed by atoms with Gasteiger partial charge < -0.3 is 10.4 Å². The lowest BCUT2D eigenvalue weighted by atomic mass is 9.93. The molecule has 1 aromatic rings. The second-order valence-corrected chi connectivity index (χ2v) is 5.25. The third-order valence-corrected chi connectivity index (χ3v) is 3.56. The largest absolute Gasteiger partial charge is 0.480 e. The smallest absolute Gasteiger partial charge is 0.326 e. The number of carboxylic acid groups (broad SMARTS) is 1. The minimum Gasteiger partial charge on any atom is -0.480 e. The second kappa shape index (κ2) is 6.65. The van der Waals surface area contributed by atoms with E-state index in [1.165, 1.54) is 0 Å². The minimum atomic E-state index is -2.78. The topological polar surface area (TPSA) is 66.4 Å². The zero-order chi connectivity index (χ0) is 15.4. The predicted molar refractivity (Wildman–Crippen MR) is 72.1 cm³/mol. The SMILES string of the molecule is O=C(O)C(CC(F)F)NC(=O)C(c1ccccc1)C1CC1. The third-order valence-electron chi connectivity index (χ3n) is 3.56. The van der Waals surface area contributed by atoms with Crippen LogP contribution in [-0.2, 0) is 9.59 Å². The van der Waals surface area contributed by atoms with Gasteiger partial charge >= 0.3 is 5.97 Å². The standard InChI is InChI=1S/C15H17F2NO3/c16-12(17)8-11(15(20)21)18-14(19)13(10-6-7-10)9-4-2-1-3-5-9/h1-5,10-13H,6-8H2,(H,18,19)(H,20,21). The first-order valence-electron chi connectivity index (χ1n) is 6.85. The lowest BCUT2D eigenvalue weighted by molar-refractivity contribution is -0.143. The van der Waals surface area contributed by atoms with Crippen molar-refractivity contribution in [3.8, 4) is 0 Å². The van der Waals surface area contributed by atoms with Crippen molar-refractivity contribution in [3.05, 3.63) is 35.9 Å². The number of rotatable bonds is 7. The number of carbonyl (C=O) groups excluding carboxylic acids is 1. The zero-order valence-corrected chi connectivity index (χ0v) is 11.3. The molecule has 4 nitrogen and oxygen atoms in total. The summed E-state index contributed by atoms with van der Waals surface area (Å²) in [4.78, 5) is 23.3. The van der Waals surface area contributed by atoms with E-state index in [1.807, 2.05) is 6.07 Å². The van der Waals surface area contributed by atoms with E-state index < -0.39 is 36.7 Å². The van der Waals surface area contributed by atoms with Crippen LogP contribution in [0.15, 0.2) is 30.3 Å². The number of nitrogens with one attached hydrogen (secondary N) is 1. The molecule has 1 saturated carbocycles. The van der Waals surface area contributed by atoms with E-state index in [-0.39, 0.29) is 5.92 Å². The third kappa shape index (κ3) is 4.24. The van der Waals surface area contributed by atoms with Gasteiger partial charge in [-0.05, 0) is 24.3 Å². The van der Waals surface area contributed by atoms with Crippen LogP contribution in [0.1, 0.15) is 30.7 Å². The summed E-state index contributed by atoms with van der Waals surface area (Å²) in [7, 11) is 0. The molecule has 1 aromatic carbocycles. The summed E-state index contributed by atoms with van der Waals surface area (Å²) in [5.74, 6) is -2.23. The highest BCUT2D eigenvalue weighted by Crippen LogP contribution is 2.42. The van der Waals surface area contributed by atoms with Crippen LogP contribution >= 0.6 is 0 Å². The number of halogens is 2. The van der Waals surface area contributed by atoms with Crippen LogP contribution in [0.2, 0.25) is 0 Å². The first-order valence-corrected chi connectivity index (χ1v) is 6.85. The molecule has 0 spiro atoms. The molecule has 1 fully saturated rings. The van der Waals surface area contributed by atoms with Gasteiger partial charge in [0.1, 0.15) is 6.04 Å². The van der Waals surface area contributed by atoms with Crippen LogP contribution in [0.3, 0.4) is 0 Å². The number of hydrogen-bond donors (Lipinski definition) is 2. The summed E-state index contributed by atoms with van der Waals surface area (Å²) in [6.07, 6.45) is -1.88. The van der Waals surface area contributed by atoms with Gasteiger partial charge in [0.15, 0.2) is 0 Å². The highest BCUT2D eigenvalue weighted by Gasteiger charge is 2.38. The number of carbonyl (C=O) groups is 2. The van der Waals surface area contributed by atoms with Gasteiger partial charge in [-0.25, -0.2) is 13.6 Å². The number of benzene rings is 1. The predicted octanol–water partition coefficient (Wildman–Crippen LogP) is 2.40. The Kier molecular flexibility index (Phi) is 4.88. The molecule has 114 valence electrons. The molecule has 0 saturated heterocycles. The Morgan fingerprint density at radius 2 is 1.86 bits per heavy atom. The lowest BCUT2D eigenvalue weighted by Crippen LogP contribution is -2.44. The van der Waals surface area contributed by atoms with E-state index in [1.54, 1.807) is 24.3 Å². The molecule has 1 aliphatic rings. The Labute approximate surface area is 121 Å². The van der Waals surface area contributed by atoms with Crippen LogP contribution in [0.5, 0.6) is 0 Å². The van der Waals surface area contributed by atoms with Gasteiger partial charge in [0.25, 0.3) is 0 Å². The minimum absolute atomic E-state index is 0.161. The Bertz CT molecular complexity index is 503. The Hall–Kier alpha value is -1.98. The normalized spacial score (nSPS) is 17.3. The number of carboxylic acids is 1. The monoisotopic (exact) mass is 297 g/mol. The molecule has 21 heavy (non-hydrogen) atoms.